The van der Waals surface area contributed by atoms with Crippen molar-refractivity contribution in [1.29, 1.82) is 0 Å². The van der Waals surface area contributed by atoms with Gasteiger partial charge in [0.15, 0.2) is 92.3 Å². The Balaban J connectivity index is 0.000000149. The molecule has 8 saturated heterocycles. The number of phosphoric ester groups is 1. The molecule has 8 bridgehead atoms. The molecule has 0 saturated carbocycles. The number of likely N-dealkylation sites (N-methyl/N-ethyl adjacent to an activating group) is 4. The molecule has 46 nitrogen and oxygen atoms in total. The molecule has 16 rings (SSSR count). The normalized spacial score (nSPS) is 29.4. The molecule has 0 spiro atoms. The zero-order valence-electron chi connectivity index (χ0n) is 78.8. The number of imidazole rings is 4. The molecule has 3 unspecified atom stereocenters. The van der Waals surface area contributed by atoms with Crippen molar-refractivity contribution in [2.45, 2.75) is 310 Å². The van der Waals surface area contributed by atoms with Gasteiger partial charge in [-0.3, -0.25) is 84.9 Å². The third-order valence-corrected chi connectivity index (χ3v) is 27.3. The molecule has 8 aliphatic rings. The Morgan fingerprint density at radius 3 is 0.916 bits per heavy atom. The van der Waals surface area contributed by atoms with Crippen molar-refractivity contribution >= 4 is 137 Å². The third-order valence-electron chi connectivity index (χ3n) is 22.5. The van der Waals surface area contributed by atoms with E-state index in [2.05, 4.69) is 80.6 Å². The fraction of sp³-hybridized carbons (Fsp3) is 0.700. The molecular formula is C80H123N24O22P3S2. The molecule has 0 radical (unpaired) electrons. The first-order valence-electron chi connectivity index (χ1n) is 42.4. The lowest BCUT2D eigenvalue weighted by Crippen LogP contribution is -2.52. The lowest BCUT2D eigenvalue weighted by Gasteiger charge is -2.38. The Kier molecular flexibility index (Phi) is 25.4. The van der Waals surface area contributed by atoms with Gasteiger partial charge in [-0.25, -0.2) is 34.5 Å². The molecular weight excluding hydrogens is 1810 g/mol. The van der Waals surface area contributed by atoms with E-state index in [1.807, 2.05) is 83.1 Å². The predicted octanol–water partition coefficient (Wildman–Crippen LogP) is 7.01. The molecule has 8 fully saturated rings. The van der Waals surface area contributed by atoms with Gasteiger partial charge in [-0.05, 0) is 154 Å². The minimum absolute atomic E-state index is 0.00580. The number of phosphoric acid groups is 1. The van der Waals surface area contributed by atoms with E-state index in [0.717, 1.165) is 0 Å². The highest BCUT2D eigenvalue weighted by atomic mass is 32.5. The number of carbonyl (C=O) groups is 4. The number of hydrogen-bond donors (Lipinski definition) is 10. The molecule has 131 heavy (non-hydrogen) atoms. The van der Waals surface area contributed by atoms with Crippen molar-refractivity contribution in [3.8, 4) is 0 Å². The largest absolute Gasteiger partial charge is 0.473 e. The maximum Gasteiger partial charge on any atom is 0.473 e. The molecule has 0 aliphatic carbocycles. The number of carbonyl (C=O) groups excluding carboxylic acids is 4. The summed E-state index contributed by atoms with van der Waals surface area (Å²) in [5.41, 5.74) is 13.9. The number of aromatic amines is 3. The van der Waals surface area contributed by atoms with Gasteiger partial charge in [0.1, 0.15) is 60.4 Å². The topological polar surface area (TPSA) is 599 Å². The van der Waals surface area contributed by atoms with Crippen LogP contribution in [0.5, 0.6) is 0 Å². The number of likely N-dealkylation sites (tertiary alicyclic amines) is 4. The minimum atomic E-state index is -4.60. The standard InChI is InChI=1S/C20H31N6O7P.C20H31N6O6PS.C20H31N6O5PS.C20H30N6O4/c1-18(2,3)8-20-12(32-34(29,30)33-19(4,5)6)11(25(7)16(20)28)15(31-20)26-9-22-10-13(26)23-17(21)24-14(10)27;1-18(2,3)8-20-12(31-33(29,34)32-19(4,5)6)11(25(7)16(20)28)15(30-20)26-9-22-10-13(26)23-17(21)24-14(10)27;1-18(2,3)8-20-13(30-32(28,33)31-19(4,5)6)12(25(7)17(20)27)16(29-20)26-10-24-11-14(21)22-9-23-15(11)26;1-18(2,3)8-20-12(29-19(4,5)6)11(25(7)16(20)28)15(30-20)26-9-22-10-13(26)23-17(21)24-14(10)27/h9,11-12,15H,8H2,1-7H3,(H,29,30)(H3,21,23,24,27);9,11-12,15H,8H2,1-7H3,(H,29,34)(H3,21,23,24,27);9-10,12-13,16H,8H2,1-7H3,(H,28,33)(H2,21,22,23);9,11-12,15H,8H2,1-7H3,(H3,21,23,24,27)/t11-,12+,15-,20-;11-,12+,15-,20-,33?;12-,13+,16-,20-,32?;11-,12+,15-,20-/m1111/s1. The maximum absolute atomic E-state index is 13.5. The van der Waals surface area contributed by atoms with E-state index in [-0.39, 0.29) is 104 Å². The average Bonchev–Trinajstić information content (AvgIpc) is 1.55. The number of amides is 4. The highest BCUT2D eigenvalue weighted by Crippen LogP contribution is 2.64. The number of morpholine rings is 4. The number of anilines is 4. The van der Waals surface area contributed by atoms with Crippen LogP contribution in [0.15, 0.2) is 46.0 Å². The first-order valence-corrected chi connectivity index (χ1v) is 49.1. The van der Waals surface area contributed by atoms with Gasteiger partial charge in [0.05, 0.1) is 47.7 Å². The second-order valence-electron chi connectivity index (χ2n) is 43.3. The summed E-state index contributed by atoms with van der Waals surface area (Å²) in [5.74, 6) is -0.929. The number of H-pyrrole nitrogens is 3. The van der Waals surface area contributed by atoms with Crippen LogP contribution in [0.4, 0.5) is 23.7 Å². The Labute approximate surface area is 765 Å². The number of nitrogens with zero attached hydrogens (tertiary/aromatic N) is 17. The van der Waals surface area contributed by atoms with Gasteiger partial charge in [-0.1, -0.05) is 83.1 Å². The lowest BCUT2D eigenvalue weighted by atomic mass is 9.79. The number of fused-ring (bicyclic) bond motifs is 12. The number of ether oxygens (including phenoxy) is 5. The number of aromatic nitrogens is 16. The van der Waals surface area contributed by atoms with Crippen molar-refractivity contribution in [2.75, 3.05) is 51.1 Å². The summed E-state index contributed by atoms with van der Waals surface area (Å²) in [6.45, 7) is 37.8. The molecule has 0 aromatic carbocycles. The van der Waals surface area contributed by atoms with Crippen LogP contribution in [-0.2, 0) is 98.2 Å². The van der Waals surface area contributed by atoms with Crippen LogP contribution in [-0.4, -0.2) is 258 Å². The first-order chi connectivity index (χ1) is 59.7. The Morgan fingerprint density at radius 1 is 0.382 bits per heavy atom. The van der Waals surface area contributed by atoms with Gasteiger partial charge in [0, 0.05) is 28.2 Å². The SMILES string of the molecule is CN1C(=O)[C@]2(CC(C)(C)C)O[C@@H](n3cnc4c(=O)[nH]c(N)nc43)[C@H]1[C@@H]2OC(C)(C)C.CN1C(=O)[C@]2(CC(C)(C)C)O[C@@H](n3cnc4c(=O)[nH]c(N)nc43)[C@H]1[C@@H]2OP(=O)(O)OC(C)(C)C.CN1C(=O)[C@]2(CC(C)(C)C)O[C@@H](n3cnc4c(=O)[nH]c(N)nc43)[C@H]1[C@@H]2OP(O)(=S)OC(C)(C)C.CN1C(=O)[C@]2(CC(C)(C)C)O[C@@H](n3cnc4c(N)ncnc43)[C@H]1[C@@H]2OP(O)(=S)OC(C)(C)C. The summed E-state index contributed by atoms with van der Waals surface area (Å²) < 4.78 is 86.1. The van der Waals surface area contributed by atoms with E-state index in [1.54, 1.807) is 120 Å². The number of hydrogen-bond acceptors (Lipinski definition) is 34. The van der Waals surface area contributed by atoms with E-state index in [4.69, 9.17) is 97.4 Å². The zero-order valence-corrected chi connectivity index (χ0v) is 83.1. The molecule has 8 aliphatic heterocycles. The molecule has 14 N–H and O–H groups in total. The Hall–Kier alpha value is -8.35. The van der Waals surface area contributed by atoms with Crippen LogP contribution in [0.3, 0.4) is 0 Å². The van der Waals surface area contributed by atoms with E-state index in [1.165, 1.54) is 39.7 Å². The molecule has 51 heteroatoms. The highest BCUT2D eigenvalue weighted by Gasteiger charge is 2.76. The number of nitrogens with one attached hydrogen (secondary N) is 3. The molecule has 19 atom stereocenters. The van der Waals surface area contributed by atoms with E-state index in [0.29, 0.717) is 29.7 Å². The summed E-state index contributed by atoms with van der Waals surface area (Å²) in [6, 6.07) is -2.54. The number of nitrogen functional groups attached to an aromatic ring is 4. The summed E-state index contributed by atoms with van der Waals surface area (Å²) in [5, 5.41) is 0. The molecule has 16 heterocycles. The van der Waals surface area contributed by atoms with Crippen molar-refractivity contribution in [3.63, 3.8) is 0 Å². The van der Waals surface area contributed by atoms with Crippen LogP contribution in [0.1, 0.15) is 217 Å². The second kappa shape index (κ2) is 33.3. The molecule has 4 amide bonds. The predicted molar refractivity (Wildman–Crippen MR) is 486 cm³/mol. The van der Waals surface area contributed by atoms with E-state index >= 15 is 0 Å². The second-order valence-corrected chi connectivity index (χ2v) is 50.1. The van der Waals surface area contributed by atoms with Crippen LogP contribution >= 0.6 is 21.3 Å². The monoisotopic (exact) mass is 1930 g/mol. The fourth-order valence-electron chi connectivity index (χ4n) is 19.0. The van der Waals surface area contributed by atoms with Gasteiger partial charge in [-0.15, -0.1) is 0 Å². The quantitative estimate of drug-likeness (QED) is 0.0386. The van der Waals surface area contributed by atoms with Gasteiger partial charge >= 0.3 is 21.3 Å². The van der Waals surface area contributed by atoms with E-state index in [9.17, 15) is 52.8 Å². The smallest absolute Gasteiger partial charge is 0.382 e. The Bertz CT molecular complexity index is 5970. The van der Waals surface area contributed by atoms with Crippen LogP contribution in [0.2, 0.25) is 0 Å². The first kappa shape index (κ1) is 100. The third kappa shape index (κ3) is 19.4. The van der Waals surface area contributed by atoms with Gasteiger partial charge in [-0.2, -0.15) is 15.0 Å². The van der Waals surface area contributed by atoms with Crippen LogP contribution in [0, 0.1) is 21.7 Å². The van der Waals surface area contributed by atoms with Crippen LogP contribution < -0.4 is 39.6 Å². The lowest BCUT2D eigenvalue weighted by molar-refractivity contribution is -0.186. The zero-order chi connectivity index (χ0) is 97.6. The van der Waals surface area contributed by atoms with Crippen molar-refractivity contribution < 1.29 is 89.3 Å². The van der Waals surface area contributed by atoms with Crippen LogP contribution in [0.25, 0.3) is 44.7 Å². The summed E-state index contributed by atoms with van der Waals surface area (Å²) in [4.78, 5) is 174. The van der Waals surface area contributed by atoms with Crippen molar-refractivity contribution in [2.24, 2.45) is 21.7 Å². The van der Waals surface area contributed by atoms with Crippen molar-refractivity contribution in [3.05, 3.63) is 62.7 Å². The van der Waals surface area contributed by atoms with Crippen molar-refractivity contribution in [1.82, 2.24) is 97.7 Å². The van der Waals surface area contributed by atoms with Gasteiger partial charge in [0.25, 0.3) is 40.3 Å². The number of rotatable bonds is 18. The fourth-order valence-corrected chi connectivity index (χ4v) is 24.8. The maximum atomic E-state index is 13.5. The van der Waals surface area contributed by atoms with Gasteiger partial charge in [0.2, 0.25) is 17.8 Å². The van der Waals surface area contributed by atoms with Gasteiger partial charge < -0.3 is 89.9 Å². The summed E-state index contributed by atoms with van der Waals surface area (Å²) in [7, 11) is 2.07. The molecule has 8 aromatic heterocycles. The molecule has 8 aromatic rings. The summed E-state index contributed by atoms with van der Waals surface area (Å²) in [6.07, 6.45) is 2.02. The highest BCUT2D eigenvalue weighted by molar-refractivity contribution is 8.07. The Morgan fingerprint density at radius 2 is 0.641 bits per heavy atom. The minimum Gasteiger partial charge on any atom is -0.382 e. The number of nitrogens with two attached hydrogens (primary N) is 4. The molecule has 722 valence electrons. The average molecular weight is 1930 g/mol. The van der Waals surface area contributed by atoms with E-state index < -0.39 is 162 Å². The summed E-state index contributed by atoms with van der Waals surface area (Å²) >= 11 is 10.7.